The topological polar surface area (TPSA) is 36.7 Å². The normalized spacial score (nSPS) is 19.1. The van der Waals surface area contributed by atoms with Crippen LogP contribution < -0.4 is 4.90 Å². The first-order valence-electron chi connectivity index (χ1n) is 8.20. The summed E-state index contributed by atoms with van der Waals surface area (Å²) in [6.07, 6.45) is 4.73. The Morgan fingerprint density at radius 3 is 2.83 bits per heavy atom. The standard InChI is InChI=1S/C18H20BrN5/c1-22-9-10-23(13-15(22)11-14-5-3-2-4-6-14)17-7-8-20-18-16(19)12-21-24(17)18/h2-8,12,15H,9-11,13H2,1H3. The Morgan fingerprint density at radius 1 is 1.17 bits per heavy atom. The molecule has 1 fully saturated rings. The van der Waals surface area contributed by atoms with Gasteiger partial charge in [-0.3, -0.25) is 4.90 Å². The molecule has 5 nitrogen and oxygen atoms in total. The molecule has 6 heteroatoms. The number of nitrogens with zero attached hydrogens (tertiary/aromatic N) is 5. The summed E-state index contributed by atoms with van der Waals surface area (Å²) in [5.41, 5.74) is 2.25. The molecule has 0 aliphatic carbocycles. The van der Waals surface area contributed by atoms with Gasteiger partial charge in [0.05, 0.1) is 10.7 Å². The molecule has 2 aromatic heterocycles. The number of aromatic nitrogens is 3. The fraction of sp³-hybridized carbons (Fsp3) is 0.333. The molecule has 1 atom stereocenters. The van der Waals surface area contributed by atoms with Crippen LogP contribution >= 0.6 is 15.9 Å². The quantitative estimate of drug-likeness (QED) is 0.694. The summed E-state index contributed by atoms with van der Waals surface area (Å²) in [7, 11) is 2.22. The first-order valence-corrected chi connectivity index (χ1v) is 8.99. The Labute approximate surface area is 150 Å². The Kier molecular flexibility index (Phi) is 4.24. The summed E-state index contributed by atoms with van der Waals surface area (Å²) in [5.74, 6) is 1.11. The van der Waals surface area contributed by atoms with Crippen molar-refractivity contribution in [3.63, 3.8) is 0 Å². The third-order valence-electron chi connectivity index (χ3n) is 4.75. The second kappa shape index (κ2) is 6.53. The van der Waals surface area contributed by atoms with Crippen molar-refractivity contribution in [3.05, 3.63) is 58.8 Å². The minimum Gasteiger partial charge on any atom is -0.354 e. The smallest absolute Gasteiger partial charge is 0.171 e. The molecule has 1 aliphatic heterocycles. The van der Waals surface area contributed by atoms with E-state index in [0.29, 0.717) is 6.04 Å². The van der Waals surface area contributed by atoms with Gasteiger partial charge in [-0.05, 0) is 41.0 Å². The molecule has 1 aromatic carbocycles. The van der Waals surface area contributed by atoms with Gasteiger partial charge < -0.3 is 4.90 Å². The van der Waals surface area contributed by atoms with E-state index < -0.39 is 0 Å². The number of piperazine rings is 1. The molecular formula is C18H20BrN5. The summed E-state index contributed by atoms with van der Waals surface area (Å²) >= 11 is 3.52. The van der Waals surface area contributed by atoms with Crippen molar-refractivity contribution in [2.75, 3.05) is 31.6 Å². The summed E-state index contributed by atoms with van der Waals surface area (Å²) in [6, 6.07) is 13.3. The minimum atomic E-state index is 0.489. The maximum Gasteiger partial charge on any atom is 0.171 e. The number of anilines is 1. The third kappa shape index (κ3) is 2.91. The number of fused-ring (bicyclic) bond motifs is 1. The van der Waals surface area contributed by atoms with E-state index >= 15 is 0 Å². The number of hydrogen-bond acceptors (Lipinski definition) is 4. The summed E-state index contributed by atoms with van der Waals surface area (Å²) in [4.78, 5) is 9.29. The fourth-order valence-electron chi connectivity index (χ4n) is 3.35. The van der Waals surface area contributed by atoms with Crippen LogP contribution in [-0.4, -0.2) is 52.2 Å². The summed E-state index contributed by atoms with van der Waals surface area (Å²) in [6.45, 7) is 3.03. The van der Waals surface area contributed by atoms with Gasteiger partial charge >= 0.3 is 0 Å². The van der Waals surface area contributed by atoms with Crippen LogP contribution in [0.4, 0.5) is 5.82 Å². The Bertz CT molecular complexity index is 832. The molecule has 0 radical (unpaired) electrons. The number of likely N-dealkylation sites (N-methyl/N-ethyl adjacent to an activating group) is 1. The Hall–Kier alpha value is -1.92. The van der Waals surface area contributed by atoms with E-state index in [1.807, 2.05) is 16.9 Å². The van der Waals surface area contributed by atoms with Crippen LogP contribution in [0.5, 0.6) is 0 Å². The highest BCUT2D eigenvalue weighted by Gasteiger charge is 2.26. The van der Waals surface area contributed by atoms with E-state index in [-0.39, 0.29) is 0 Å². The van der Waals surface area contributed by atoms with Crippen molar-refractivity contribution < 1.29 is 0 Å². The first-order chi connectivity index (χ1) is 11.7. The van der Waals surface area contributed by atoms with E-state index in [1.54, 1.807) is 0 Å². The van der Waals surface area contributed by atoms with Gasteiger partial charge in [0.1, 0.15) is 5.82 Å². The van der Waals surface area contributed by atoms with Crippen molar-refractivity contribution in [2.24, 2.45) is 0 Å². The maximum absolute atomic E-state index is 4.47. The van der Waals surface area contributed by atoms with Crippen molar-refractivity contribution in [1.29, 1.82) is 0 Å². The molecule has 0 spiro atoms. The average molecular weight is 386 g/mol. The van der Waals surface area contributed by atoms with Gasteiger partial charge in [0.2, 0.25) is 0 Å². The zero-order chi connectivity index (χ0) is 16.5. The SMILES string of the molecule is CN1CCN(c2ccnc3c(Br)cnn23)CC1Cc1ccccc1. The zero-order valence-electron chi connectivity index (χ0n) is 13.6. The van der Waals surface area contributed by atoms with Gasteiger partial charge in [0.15, 0.2) is 5.65 Å². The lowest BCUT2D eigenvalue weighted by Crippen LogP contribution is -2.52. The number of hydrogen-bond donors (Lipinski definition) is 0. The molecule has 4 rings (SSSR count). The third-order valence-corrected chi connectivity index (χ3v) is 5.31. The summed E-state index contributed by atoms with van der Waals surface area (Å²) < 4.78 is 2.86. The Morgan fingerprint density at radius 2 is 2.00 bits per heavy atom. The van der Waals surface area contributed by atoms with Gasteiger partial charge in [0.25, 0.3) is 0 Å². The lowest BCUT2D eigenvalue weighted by atomic mass is 10.0. The molecule has 0 amide bonds. The van der Waals surface area contributed by atoms with Crippen LogP contribution in [0.1, 0.15) is 5.56 Å². The lowest BCUT2D eigenvalue weighted by Gasteiger charge is -2.40. The van der Waals surface area contributed by atoms with Crippen molar-refractivity contribution in [2.45, 2.75) is 12.5 Å². The molecule has 124 valence electrons. The molecule has 24 heavy (non-hydrogen) atoms. The van der Waals surface area contributed by atoms with E-state index in [9.17, 15) is 0 Å². The predicted octanol–water partition coefficient (Wildman–Crippen LogP) is 2.85. The van der Waals surface area contributed by atoms with E-state index in [0.717, 1.165) is 42.0 Å². The maximum atomic E-state index is 4.47. The molecule has 0 saturated carbocycles. The van der Waals surface area contributed by atoms with Crippen LogP contribution in [0.15, 0.2) is 53.3 Å². The average Bonchev–Trinajstić information content (AvgIpc) is 2.99. The lowest BCUT2D eigenvalue weighted by molar-refractivity contribution is 0.216. The largest absolute Gasteiger partial charge is 0.354 e. The van der Waals surface area contributed by atoms with Crippen LogP contribution in [0.2, 0.25) is 0 Å². The van der Waals surface area contributed by atoms with Crippen LogP contribution in [0, 0.1) is 0 Å². The van der Waals surface area contributed by atoms with E-state index in [1.165, 1.54) is 5.56 Å². The highest BCUT2D eigenvalue weighted by atomic mass is 79.9. The van der Waals surface area contributed by atoms with E-state index in [2.05, 4.69) is 79.3 Å². The van der Waals surface area contributed by atoms with Gasteiger partial charge in [0, 0.05) is 31.9 Å². The fourth-order valence-corrected chi connectivity index (χ4v) is 3.71. The number of benzene rings is 1. The second-order valence-corrected chi connectivity index (χ2v) is 7.16. The van der Waals surface area contributed by atoms with E-state index in [4.69, 9.17) is 0 Å². The van der Waals surface area contributed by atoms with Crippen LogP contribution in [-0.2, 0) is 6.42 Å². The Balaban J connectivity index is 1.60. The minimum absolute atomic E-state index is 0.489. The van der Waals surface area contributed by atoms with Gasteiger partial charge in [-0.25, -0.2) is 4.98 Å². The van der Waals surface area contributed by atoms with Gasteiger partial charge in [-0.2, -0.15) is 9.61 Å². The molecule has 1 saturated heterocycles. The second-order valence-electron chi connectivity index (χ2n) is 6.30. The number of rotatable bonds is 3. The van der Waals surface area contributed by atoms with Crippen molar-refractivity contribution in [3.8, 4) is 0 Å². The monoisotopic (exact) mass is 385 g/mol. The summed E-state index contributed by atoms with van der Waals surface area (Å²) in [5, 5.41) is 4.47. The van der Waals surface area contributed by atoms with Crippen molar-refractivity contribution >= 4 is 27.4 Å². The first kappa shape index (κ1) is 15.6. The highest BCUT2D eigenvalue weighted by Crippen LogP contribution is 2.23. The van der Waals surface area contributed by atoms with Gasteiger partial charge in [-0.15, -0.1) is 0 Å². The molecule has 1 unspecified atom stereocenters. The zero-order valence-corrected chi connectivity index (χ0v) is 15.2. The molecular weight excluding hydrogens is 366 g/mol. The highest BCUT2D eigenvalue weighted by molar-refractivity contribution is 9.10. The number of halogens is 1. The van der Waals surface area contributed by atoms with Gasteiger partial charge in [-0.1, -0.05) is 30.3 Å². The molecule has 0 bridgehead atoms. The molecule has 3 aromatic rings. The van der Waals surface area contributed by atoms with Crippen molar-refractivity contribution in [1.82, 2.24) is 19.5 Å². The van der Waals surface area contributed by atoms with Crippen LogP contribution in [0.25, 0.3) is 5.65 Å². The van der Waals surface area contributed by atoms with Crippen LogP contribution in [0.3, 0.4) is 0 Å². The molecule has 3 heterocycles. The molecule has 0 N–H and O–H groups in total. The predicted molar refractivity (Wildman–Crippen MR) is 99.5 cm³/mol. The molecule has 1 aliphatic rings.